The van der Waals surface area contributed by atoms with E-state index in [2.05, 4.69) is 9.97 Å². The summed E-state index contributed by atoms with van der Waals surface area (Å²) in [6.07, 6.45) is 6.80. The van der Waals surface area contributed by atoms with E-state index in [4.69, 9.17) is 4.74 Å². The van der Waals surface area contributed by atoms with Gasteiger partial charge in [-0.25, -0.2) is 4.79 Å². The van der Waals surface area contributed by atoms with Crippen LogP contribution in [0.3, 0.4) is 0 Å². The zero-order valence-electron chi connectivity index (χ0n) is 13.7. The number of ether oxygens (including phenoxy) is 1. The first-order valence-corrected chi connectivity index (χ1v) is 8.43. The SMILES string of the molecule is COC(=O)c1ccc2c(C3CCCC3)c(-c3ccccn3)[nH]c2c1. The molecule has 0 spiro atoms. The van der Waals surface area contributed by atoms with Gasteiger partial charge in [0.15, 0.2) is 0 Å². The summed E-state index contributed by atoms with van der Waals surface area (Å²) >= 11 is 0. The van der Waals surface area contributed by atoms with Gasteiger partial charge < -0.3 is 9.72 Å². The van der Waals surface area contributed by atoms with E-state index < -0.39 is 0 Å². The van der Waals surface area contributed by atoms with Gasteiger partial charge in [-0.15, -0.1) is 0 Å². The number of H-pyrrole nitrogens is 1. The summed E-state index contributed by atoms with van der Waals surface area (Å²) in [5, 5.41) is 1.19. The van der Waals surface area contributed by atoms with E-state index in [0.29, 0.717) is 11.5 Å². The first-order chi connectivity index (χ1) is 11.8. The van der Waals surface area contributed by atoms with Crippen molar-refractivity contribution in [1.82, 2.24) is 9.97 Å². The number of methoxy groups -OCH3 is 1. The fourth-order valence-corrected chi connectivity index (χ4v) is 3.82. The standard InChI is InChI=1S/C20H20N2O2/c1-24-20(23)14-9-10-15-17(12-14)22-19(16-8-4-5-11-21-16)18(15)13-6-2-3-7-13/h4-5,8-13,22H,2-3,6-7H2,1H3. The number of hydrogen-bond donors (Lipinski definition) is 1. The predicted octanol–water partition coefficient (Wildman–Crippen LogP) is 4.67. The topological polar surface area (TPSA) is 55.0 Å². The van der Waals surface area contributed by atoms with Crippen molar-refractivity contribution in [3.63, 3.8) is 0 Å². The van der Waals surface area contributed by atoms with Crippen molar-refractivity contribution in [3.8, 4) is 11.4 Å². The zero-order chi connectivity index (χ0) is 16.5. The number of carbonyl (C=O) groups excluding carboxylic acids is 1. The average Bonchev–Trinajstić information content (AvgIpc) is 3.28. The van der Waals surface area contributed by atoms with Crippen molar-refractivity contribution in [2.45, 2.75) is 31.6 Å². The molecule has 4 rings (SSSR count). The highest BCUT2D eigenvalue weighted by atomic mass is 16.5. The summed E-state index contributed by atoms with van der Waals surface area (Å²) in [5.74, 6) is 0.244. The molecule has 1 aliphatic rings. The Morgan fingerprint density at radius 1 is 1.21 bits per heavy atom. The van der Waals surface area contributed by atoms with Gasteiger partial charge in [-0.05, 0) is 48.6 Å². The number of nitrogens with zero attached hydrogens (tertiary/aromatic N) is 1. The predicted molar refractivity (Wildman–Crippen MR) is 94.1 cm³/mol. The molecule has 1 N–H and O–H groups in total. The molecule has 2 heterocycles. The van der Waals surface area contributed by atoms with Gasteiger partial charge in [-0.1, -0.05) is 25.0 Å². The number of rotatable bonds is 3. The number of aromatic nitrogens is 2. The Bertz CT molecular complexity index is 877. The Kier molecular flexibility index (Phi) is 3.81. The van der Waals surface area contributed by atoms with Crippen molar-refractivity contribution in [2.24, 2.45) is 0 Å². The van der Waals surface area contributed by atoms with Gasteiger partial charge in [0, 0.05) is 17.1 Å². The summed E-state index contributed by atoms with van der Waals surface area (Å²) in [5.41, 5.74) is 4.92. The molecular formula is C20H20N2O2. The molecule has 2 aromatic heterocycles. The van der Waals surface area contributed by atoms with Crippen LogP contribution in [-0.4, -0.2) is 23.0 Å². The van der Waals surface area contributed by atoms with Crippen LogP contribution in [0.2, 0.25) is 0 Å². The lowest BCUT2D eigenvalue weighted by atomic mass is 9.93. The number of aromatic amines is 1. The second-order valence-corrected chi connectivity index (χ2v) is 6.36. The van der Waals surface area contributed by atoms with Gasteiger partial charge in [0.2, 0.25) is 0 Å². The molecule has 122 valence electrons. The Hall–Kier alpha value is -2.62. The van der Waals surface area contributed by atoms with Gasteiger partial charge in [-0.2, -0.15) is 0 Å². The van der Waals surface area contributed by atoms with Crippen LogP contribution in [-0.2, 0) is 4.74 Å². The molecule has 0 bridgehead atoms. The first kappa shape index (κ1) is 14.9. The van der Waals surface area contributed by atoms with Crippen LogP contribution in [0.1, 0.15) is 47.5 Å². The number of fused-ring (bicyclic) bond motifs is 1. The van der Waals surface area contributed by atoms with Crippen LogP contribution in [0, 0.1) is 0 Å². The third-order valence-corrected chi connectivity index (χ3v) is 4.94. The van der Waals surface area contributed by atoms with Crippen LogP contribution in [0.25, 0.3) is 22.3 Å². The zero-order valence-corrected chi connectivity index (χ0v) is 13.7. The van der Waals surface area contributed by atoms with Crippen LogP contribution >= 0.6 is 0 Å². The van der Waals surface area contributed by atoms with Gasteiger partial charge in [0.1, 0.15) is 0 Å². The number of carbonyl (C=O) groups is 1. The number of esters is 1. The lowest BCUT2D eigenvalue weighted by Gasteiger charge is -2.11. The molecule has 4 nitrogen and oxygen atoms in total. The molecule has 3 aromatic rings. The molecular weight excluding hydrogens is 300 g/mol. The highest BCUT2D eigenvalue weighted by Crippen LogP contribution is 2.42. The van der Waals surface area contributed by atoms with Crippen molar-refractivity contribution in [1.29, 1.82) is 0 Å². The minimum atomic E-state index is -0.312. The molecule has 4 heteroatoms. The molecule has 0 amide bonds. The maximum Gasteiger partial charge on any atom is 0.337 e. The fourth-order valence-electron chi connectivity index (χ4n) is 3.82. The third-order valence-electron chi connectivity index (χ3n) is 4.94. The Labute approximate surface area is 140 Å². The minimum Gasteiger partial charge on any atom is -0.465 e. The number of nitrogens with one attached hydrogen (secondary N) is 1. The highest BCUT2D eigenvalue weighted by Gasteiger charge is 2.25. The van der Waals surface area contributed by atoms with Gasteiger partial charge in [0.25, 0.3) is 0 Å². The Morgan fingerprint density at radius 2 is 2.04 bits per heavy atom. The van der Waals surface area contributed by atoms with Crippen LogP contribution in [0.5, 0.6) is 0 Å². The van der Waals surface area contributed by atoms with Crippen LogP contribution in [0.4, 0.5) is 0 Å². The van der Waals surface area contributed by atoms with E-state index in [1.54, 1.807) is 0 Å². The lowest BCUT2D eigenvalue weighted by molar-refractivity contribution is 0.0601. The van der Waals surface area contributed by atoms with E-state index >= 15 is 0 Å². The second kappa shape index (κ2) is 6.11. The quantitative estimate of drug-likeness (QED) is 0.713. The average molecular weight is 320 g/mol. The largest absolute Gasteiger partial charge is 0.465 e. The van der Waals surface area contributed by atoms with Crippen molar-refractivity contribution in [2.75, 3.05) is 7.11 Å². The number of benzene rings is 1. The third kappa shape index (κ3) is 2.48. The summed E-state index contributed by atoms with van der Waals surface area (Å²) < 4.78 is 4.84. The maximum atomic E-state index is 11.8. The molecule has 1 aromatic carbocycles. The molecule has 0 aliphatic heterocycles. The summed E-state index contributed by atoms with van der Waals surface area (Å²) in [7, 11) is 1.41. The van der Waals surface area contributed by atoms with E-state index in [1.807, 2.05) is 42.6 Å². The molecule has 1 saturated carbocycles. The fraction of sp³-hybridized carbons (Fsp3) is 0.300. The van der Waals surface area contributed by atoms with E-state index in [-0.39, 0.29) is 5.97 Å². The van der Waals surface area contributed by atoms with Crippen LogP contribution in [0.15, 0.2) is 42.6 Å². The molecule has 1 fully saturated rings. The molecule has 0 atom stereocenters. The van der Waals surface area contributed by atoms with Crippen LogP contribution < -0.4 is 0 Å². The normalized spacial score (nSPS) is 15.0. The summed E-state index contributed by atoms with van der Waals surface area (Å²) in [6, 6.07) is 11.7. The van der Waals surface area contributed by atoms with Gasteiger partial charge in [-0.3, -0.25) is 4.98 Å². The molecule has 0 saturated heterocycles. The van der Waals surface area contributed by atoms with E-state index in [9.17, 15) is 4.79 Å². The molecule has 0 unspecified atom stereocenters. The minimum absolute atomic E-state index is 0.312. The molecule has 1 aliphatic carbocycles. The van der Waals surface area contributed by atoms with Gasteiger partial charge >= 0.3 is 5.97 Å². The van der Waals surface area contributed by atoms with Gasteiger partial charge in [0.05, 0.1) is 24.1 Å². The molecule has 24 heavy (non-hydrogen) atoms. The number of hydrogen-bond acceptors (Lipinski definition) is 3. The van der Waals surface area contributed by atoms with Crippen molar-refractivity contribution >= 4 is 16.9 Å². The molecule has 0 radical (unpaired) electrons. The summed E-state index contributed by atoms with van der Waals surface area (Å²) in [6.45, 7) is 0. The smallest absolute Gasteiger partial charge is 0.337 e. The highest BCUT2D eigenvalue weighted by molar-refractivity contribution is 5.97. The number of pyridine rings is 1. The van der Waals surface area contributed by atoms with E-state index in [0.717, 1.165) is 16.9 Å². The lowest BCUT2D eigenvalue weighted by Crippen LogP contribution is -2.00. The summed E-state index contributed by atoms with van der Waals surface area (Å²) in [4.78, 5) is 19.9. The Morgan fingerprint density at radius 3 is 2.75 bits per heavy atom. The second-order valence-electron chi connectivity index (χ2n) is 6.36. The maximum absolute atomic E-state index is 11.8. The van der Waals surface area contributed by atoms with Crippen molar-refractivity contribution in [3.05, 3.63) is 53.7 Å². The van der Waals surface area contributed by atoms with Crippen molar-refractivity contribution < 1.29 is 9.53 Å². The monoisotopic (exact) mass is 320 g/mol. The Balaban J connectivity index is 1.92. The van der Waals surface area contributed by atoms with E-state index in [1.165, 1.54) is 43.7 Å². The first-order valence-electron chi connectivity index (χ1n) is 8.43.